The summed E-state index contributed by atoms with van der Waals surface area (Å²) in [6, 6.07) is 0. The molecule has 1 unspecified atom stereocenters. The first kappa shape index (κ1) is 10.7. The maximum Gasteiger partial charge on any atom is -0.0239 e. The third kappa shape index (κ3) is 6.15. The summed E-state index contributed by atoms with van der Waals surface area (Å²) in [4.78, 5) is 0. The second-order valence-corrected chi connectivity index (χ2v) is 4.16. The molecule has 0 nitrogen and oxygen atoms in total. The first-order valence-electron chi connectivity index (χ1n) is 4.70. The molecular formula is C11H22. The van der Waals surface area contributed by atoms with Gasteiger partial charge in [-0.25, -0.2) is 0 Å². The van der Waals surface area contributed by atoms with Crippen LogP contribution in [0, 0.1) is 17.8 Å². The smallest absolute Gasteiger partial charge is 0.0239 e. The molecule has 0 aromatic carbocycles. The van der Waals surface area contributed by atoms with Gasteiger partial charge in [0.25, 0.3) is 0 Å². The van der Waals surface area contributed by atoms with Gasteiger partial charge >= 0.3 is 0 Å². The van der Waals surface area contributed by atoms with Gasteiger partial charge in [0, 0.05) is 0 Å². The van der Waals surface area contributed by atoms with Crippen LogP contribution in [-0.2, 0) is 0 Å². The van der Waals surface area contributed by atoms with E-state index in [2.05, 4.69) is 46.8 Å². The summed E-state index contributed by atoms with van der Waals surface area (Å²) in [5.41, 5.74) is 0. The molecule has 0 rings (SSSR count). The lowest BCUT2D eigenvalue weighted by Crippen LogP contribution is -1.99. The van der Waals surface area contributed by atoms with Gasteiger partial charge in [0.15, 0.2) is 0 Å². The van der Waals surface area contributed by atoms with E-state index in [4.69, 9.17) is 0 Å². The van der Waals surface area contributed by atoms with Gasteiger partial charge in [-0.2, -0.15) is 0 Å². The van der Waals surface area contributed by atoms with E-state index in [0.717, 1.165) is 17.8 Å². The molecule has 0 amide bonds. The third-order valence-electron chi connectivity index (χ3n) is 2.10. The quantitative estimate of drug-likeness (QED) is 0.539. The summed E-state index contributed by atoms with van der Waals surface area (Å²) >= 11 is 0. The van der Waals surface area contributed by atoms with E-state index < -0.39 is 0 Å². The second-order valence-electron chi connectivity index (χ2n) is 4.16. The standard InChI is InChI=1S/C11H22/c1-9(2)7-6-8-11(5)10(3)4/h6,8-11H,7H2,1-5H3/b8-6-. The van der Waals surface area contributed by atoms with Crippen molar-refractivity contribution in [1.29, 1.82) is 0 Å². The van der Waals surface area contributed by atoms with Gasteiger partial charge in [-0.05, 0) is 24.2 Å². The van der Waals surface area contributed by atoms with Gasteiger partial charge in [-0.1, -0.05) is 46.8 Å². The summed E-state index contributed by atoms with van der Waals surface area (Å²) in [5.74, 6) is 2.30. The molecule has 0 radical (unpaired) electrons. The van der Waals surface area contributed by atoms with Crippen molar-refractivity contribution >= 4 is 0 Å². The summed E-state index contributed by atoms with van der Waals surface area (Å²) in [5, 5.41) is 0. The number of rotatable bonds is 4. The fourth-order valence-electron chi connectivity index (χ4n) is 0.788. The van der Waals surface area contributed by atoms with Gasteiger partial charge in [0.1, 0.15) is 0 Å². The van der Waals surface area contributed by atoms with Gasteiger partial charge in [-0.3, -0.25) is 0 Å². The Bertz CT molecular complexity index is 109. The molecule has 1 atom stereocenters. The van der Waals surface area contributed by atoms with Crippen LogP contribution in [0.4, 0.5) is 0 Å². The molecule has 0 saturated heterocycles. The van der Waals surface area contributed by atoms with Crippen molar-refractivity contribution in [3.63, 3.8) is 0 Å². The Morgan fingerprint density at radius 2 is 1.55 bits per heavy atom. The summed E-state index contributed by atoms with van der Waals surface area (Å²) in [6.07, 6.45) is 5.87. The molecule has 0 spiro atoms. The zero-order chi connectivity index (χ0) is 8.85. The minimum atomic E-state index is 0.730. The maximum absolute atomic E-state index is 2.34. The predicted octanol–water partition coefficient (Wildman–Crippen LogP) is 3.88. The van der Waals surface area contributed by atoms with Crippen molar-refractivity contribution in [2.24, 2.45) is 17.8 Å². The summed E-state index contributed by atoms with van der Waals surface area (Å²) in [6.45, 7) is 11.3. The van der Waals surface area contributed by atoms with E-state index >= 15 is 0 Å². The maximum atomic E-state index is 2.34. The van der Waals surface area contributed by atoms with Crippen LogP contribution in [0.15, 0.2) is 12.2 Å². The predicted molar refractivity (Wildman–Crippen MR) is 52.6 cm³/mol. The van der Waals surface area contributed by atoms with Crippen molar-refractivity contribution in [2.45, 2.75) is 41.0 Å². The van der Waals surface area contributed by atoms with Crippen LogP contribution in [-0.4, -0.2) is 0 Å². The number of hydrogen-bond donors (Lipinski definition) is 0. The van der Waals surface area contributed by atoms with Crippen LogP contribution in [0.25, 0.3) is 0 Å². The lowest BCUT2D eigenvalue weighted by Gasteiger charge is -2.09. The van der Waals surface area contributed by atoms with Crippen LogP contribution in [0.2, 0.25) is 0 Å². The molecule has 0 aromatic rings. The molecule has 11 heavy (non-hydrogen) atoms. The Morgan fingerprint density at radius 3 is 1.91 bits per heavy atom. The molecule has 0 aliphatic carbocycles. The SMILES string of the molecule is CC(C)C/C=C\C(C)C(C)C. The molecule has 0 heteroatoms. The number of allylic oxidation sites excluding steroid dienone is 2. The van der Waals surface area contributed by atoms with Crippen molar-refractivity contribution in [3.05, 3.63) is 12.2 Å². The van der Waals surface area contributed by atoms with Crippen molar-refractivity contribution in [1.82, 2.24) is 0 Å². The van der Waals surface area contributed by atoms with Crippen molar-refractivity contribution in [3.8, 4) is 0 Å². The molecular weight excluding hydrogens is 132 g/mol. The summed E-state index contributed by atoms with van der Waals surface area (Å²) in [7, 11) is 0. The van der Waals surface area contributed by atoms with Crippen molar-refractivity contribution < 1.29 is 0 Å². The molecule has 0 aromatic heterocycles. The minimum absolute atomic E-state index is 0.730. The molecule has 0 fully saturated rings. The van der Waals surface area contributed by atoms with E-state index in [1.54, 1.807) is 0 Å². The molecule has 0 aliphatic rings. The molecule has 0 aliphatic heterocycles. The Hall–Kier alpha value is -0.260. The topological polar surface area (TPSA) is 0 Å². The fourth-order valence-corrected chi connectivity index (χ4v) is 0.788. The van der Waals surface area contributed by atoms with E-state index in [9.17, 15) is 0 Å². The number of hydrogen-bond acceptors (Lipinski definition) is 0. The van der Waals surface area contributed by atoms with Crippen LogP contribution in [0.5, 0.6) is 0 Å². The van der Waals surface area contributed by atoms with Crippen LogP contribution in [0.3, 0.4) is 0 Å². The third-order valence-corrected chi connectivity index (χ3v) is 2.10. The first-order valence-corrected chi connectivity index (χ1v) is 4.70. The van der Waals surface area contributed by atoms with Gasteiger partial charge in [-0.15, -0.1) is 0 Å². The largest absolute Gasteiger partial charge is 0.0880 e. The lowest BCUT2D eigenvalue weighted by molar-refractivity contribution is 0.501. The fraction of sp³-hybridized carbons (Fsp3) is 0.818. The zero-order valence-corrected chi connectivity index (χ0v) is 8.59. The molecule has 0 bridgehead atoms. The molecule has 0 saturated carbocycles. The van der Waals surface area contributed by atoms with Crippen LogP contribution < -0.4 is 0 Å². The van der Waals surface area contributed by atoms with Crippen LogP contribution in [0.1, 0.15) is 41.0 Å². The highest BCUT2D eigenvalue weighted by molar-refractivity contribution is 4.88. The average molecular weight is 154 g/mol. The Morgan fingerprint density at radius 1 is 1.00 bits per heavy atom. The Labute approximate surface area is 71.7 Å². The Kier molecular flexibility index (Phi) is 5.27. The first-order chi connectivity index (χ1) is 5.04. The van der Waals surface area contributed by atoms with Gasteiger partial charge < -0.3 is 0 Å². The van der Waals surface area contributed by atoms with E-state index in [1.807, 2.05) is 0 Å². The van der Waals surface area contributed by atoms with E-state index in [0.29, 0.717) is 0 Å². The van der Waals surface area contributed by atoms with Gasteiger partial charge in [0.2, 0.25) is 0 Å². The highest BCUT2D eigenvalue weighted by atomic mass is 14.1. The highest BCUT2D eigenvalue weighted by Crippen LogP contribution is 2.12. The monoisotopic (exact) mass is 154 g/mol. The zero-order valence-electron chi connectivity index (χ0n) is 8.59. The lowest BCUT2D eigenvalue weighted by atomic mass is 9.97. The minimum Gasteiger partial charge on any atom is -0.0880 e. The molecule has 0 N–H and O–H groups in total. The van der Waals surface area contributed by atoms with Crippen LogP contribution >= 0.6 is 0 Å². The van der Waals surface area contributed by atoms with Gasteiger partial charge in [0.05, 0.1) is 0 Å². The average Bonchev–Trinajstić information content (AvgIpc) is 1.86. The highest BCUT2D eigenvalue weighted by Gasteiger charge is 2.00. The molecule has 0 heterocycles. The van der Waals surface area contributed by atoms with E-state index in [-0.39, 0.29) is 0 Å². The normalized spacial score (nSPS) is 15.2. The van der Waals surface area contributed by atoms with Crippen molar-refractivity contribution in [2.75, 3.05) is 0 Å². The molecule has 66 valence electrons. The van der Waals surface area contributed by atoms with E-state index in [1.165, 1.54) is 6.42 Å². The second kappa shape index (κ2) is 5.40. The Balaban J connectivity index is 3.56. The summed E-state index contributed by atoms with van der Waals surface area (Å²) < 4.78 is 0.